The quantitative estimate of drug-likeness (QED) is 0.676. The number of hydrogen-bond acceptors (Lipinski definition) is 7. The SMILES string of the molecule is O=C(c1cnc(NCc2cc(OC(F)(F)F)cc(C3CC3)c2)nc1)N1CC2(CCS2(=O)=O)C1. The average Bonchev–Trinajstić information content (AvgIpc) is 3.55. The zero-order chi connectivity index (χ0) is 23.4. The topological polar surface area (TPSA) is 101 Å². The number of carbonyl (C=O) groups excluding carboxylic acids is 1. The molecule has 3 fully saturated rings. The fourth-order valence-corrected chi connectivity index (χ4v) is 6.05. The predicted molar refractivity (Wildman–Crippen MR) is 111 cm³/mol. The molecule has 12 heteroatoms. The number of anilines is 1. The van der Waals surface area contributed by atoms with Crippen LogP contribution in [0.2, 0.25) is 0 Å². The van der Waals surface area contributed by atoms with E-state index in [0.717, 1.165) is 18.4 Å². The Labute approximate surface area is 188 Å². The third-order valence-electron chi connectivity index (χ3n) is 6.35. The summed E-state index contributed by atoms with van der Waals surface area (Å²) in [6, 6.07) is 4.57. The van der Waals surface area contributed by atoms with Crippen molar-refractivity contribution in [2.75, 3.05) is 24.2 Å². The number of likely N-dealkylation sites (tertiary alicyclic amines) is 1. The summed E-state index contributed by atoms with van der Waals surface area (Å²) in [5.41, 5.74) is 1.63. The van der Waals surface area contributed by atoms with Crippen LogP contribution >= 0.6 is 0 Å². The van der Waals surface area contributed by atoms with Gasteiger partial charge in [-0.15, -0.1) is 13.2 Å². The minimum atomic E-state index is -4.77. The second kappa shape index (κ2) is 7.57. The van der Waals surface area contributed by atoms with Crippen LogP contribution in [-0.2, 0) is 16.4 Å². The Bertz CT molecular complexity index is 1190. The van der Waals surface area contributed by atoms with Gasteiger partial charge < -0.3 is 15.0 Å². The van der Waals surface area contributed by atoms with E-state index >= 15 is 0 Å². The lowest BCUT2D eigenvalue weighted by atomic mass is 9.94. The number of hydrogen-bond donors (Lipinski definition) is 1. The van der Waals surface area contributed by atoms with Gasteiger partial charge in [0.1, 0.15) is 10.5 Å². The van der Waals surface area contributed by atoms with Crippen LogP contribution in [0.25, 0.3) is 0 Å². The van der Waals surface area contributed by atoms with Crippen molar-refractivity contribution in [3.63, 3.8) is 0 Å². The molecule has 2 saturated heterocycles. The molecule has 1 spiro atoms. The fourth-order valence-electron chi connectivity index (χ4n) is 4.23. The molecule has 2 aliphatic heterocycles. The number of alkyl halides is 3. The van der Waals surface area contributed by atoms with Gasteiger partial charge in [-0.2, -0.15) is 0 Å². The van der Waals surface area contributed by atoms with Crippen molar-refractivity contribution < 1.29 is 31.1 Å². The van der Waals surface area contributed by atoms with E-state index in [1.807, 2.05) is 6.07 Å². The van der Waals surface area contributed by atoms with E-state index in [2.05, 4.69) is 20.0 Å². The monoisotopic (exact) mass is 482 g/mol. The van der Waals surface area contributed by atoms with Crippen molar-refractivity contribution in [2.45, 2.75) is 42.8 Å². The Morgan fingerprint density at radius 1 is 1.18 bits per heavy atom. The minimum Gasteiger partial charge on any atom is -0.406 e. The van der Waals surface area contributed by atoms with Gasteiger partial charge >= 0.3 is 6.36 Å². The first-order valence-electron chi connectivity index (χ1n) is 10.5. The van der Waals surface area contributed by atoms with E-state index < -0.39 is 20.9 Å². The van der Waals surface area contributed by atoms with Gasteiger partial charge in [-0.05, 0) is 48.4 Å². The van der Waals surface area contributed by atoms with Crippen LogP contribution in [0, 0.1) is 0 Å². The molecule has 1 aliphatic carbocycles. The number of rotatable bonds is 6. The van der Waals surface area contributed by atoms with Crippen molar-refractivity contribution in [1.82, 2.24) is 14.9 Å². The Kier molecular flexibility index (Phi) is 5.03. The molecular weight excluding hydrogens is 461 g/mol. The van der Waals surface area contributed by atoms with Gasteiger partial charge in [-0.3, -0.25) is 4.79 Å². The molecule has 1 aromatic carbocycles. The number of nitrogens with zero attached hydrogens (tertiary/aromatic N) is 3. The lowest BCUT2D eigenvalue weighted by molar-refractivity contribution is -0.274. The van der Waals surface area contributed by atoms with Crippen LogP contribution < -0.4 is 10.1 Å². The predicted octanol–water partition coefficient (Wildman–Crippen LogP) is 2.88. The smallest absolute Gasteiger partial charge is 0.406 e. The Morgan fingerprint density at radius 3 is 2.42 bits per heavy atom. The Hall–Kier alpha value is -2.89. The molecular formula is C21H21F3N4O4S. The summed E-state index contributed by atoms with van der Waals surface area (Å²) in [5, 5.41) is 2.94. The van der Waals surface area contributed by atoms with Gasteiger partial charge in [-0.1, -0.05) is 6.07 Å². The van der Waals surface area contributed by atoms with Gasteiger partial charge in [-0.25, -0.2) is 18.4 Å². The Morgan fingerprint density at radius 2 is 1.88 bits per heavy atom. The molecule has 0 radical (unpaired) electrons. The number of ether oxygens (including phenoxy) is 1. The van der Waals surface area contributed by atoms with Crippen LogP contribution in [0.15, 0.2) is 30.6 Å². The highest BCUT2D eigenvalue weighted by Crippen LogP contribution is 2.43. The first-order valence-corrected chi connectivity index (χ1v) is 12.2. The van der Waals surface area contributed by atoms with Gasteiger partial charge in [0.25, 0.3) is 5.91 Å². The molecule has 33 heavy (non-hydrogen) atoms. The average molecular weight is 482 g/mol. The first-order chi connectivity index (χ1) is 15.5. The van der Waals surface area contributed by atoms with E-state index in [-0.39, 0.29) is 54.5 Å². The molecule has 0 unspecified atom stereocenters. The molecule has 3 heterocycles. The van der Waals surface area contributed by atoms with Crippen LogP contribution in [-0.4, -0.2) is 59.1 Å². The highest BCUT2D eigenvalue weighted by Gasteiger charge is 2.60. The molecule has 1 saturated carbocycles. The van der Waals surface area contributed by atoms with E-state index in [4.69, 9.17) is 0 Å². The zero-order valence-corrected chi connectivity index (χ0v) is 18.2. The Balaban J connectivity index is 1.21. The summed E-state index contributed by atoms with van der Waals surface area (Å²) in [6.07, 6.45) is 0.372. The normalized spacial score (nSPS) is 20.6. The second-order valence-electron chi connectivity index (χ2n) is 8.79. The highest BCUT2D eigenvalue weighted by atomic mass is 32.2. The summed E-state index contributed by atoms with van der Waals surface area (Å²) in [5.74, 6) is 0.0407. The van der Waals surface area contributed by atoms with Gasteiger partial charge in [0.2, 0.25) is 5.95 Å². The third kappa shape index (κ3) is 4.35. The molecule has 176 valence electrons. The first kappa shape index (κ1) is 21.9. The minimum absolute atomic E-state index is 0.173. The van der Waals surface area contributed by atoms with Crippen molar-refractivity contribution in [2.24, 2.45) is 0 Å². The molecule has 1 N–H and O–H groups in total. The van der Waals surface area contributed by atoms with E-state index in [1.165, 1.54) is 29.4 Å². The number of benzene rings is 1. The standard InChI is InChI=1S/C21H21F3N4O4S/c22-21(23,24)32-17-6-13(5-15(7-17)14-1-2-14)8-25-19-26-9-16(10-27-19)18(29)28-11-20(12-28)3-4-33(20,30)31/h5-7,9-10,14H,1-4,8,11-12H2,(H,25,26,27). The molecule has 5 rings (SSSR count). The summed E-state index contributed by atoms with van der Waals surface area (Å²) < 4.78 is 65.0. The molecule has 1 aromatic heterocycles. The van der Waals surface area contributed by atoms with Crippen LogP contribution in [0.4, 0.5) is 19.1 Å². The third-order valence-corrected chi connectivity index (χ3v) is 8.88. The van der Waals surface area contributed by atoms with E-state index in [1.54, 1.807) is 0 Å². The van der Waals surface area contributed by atoms with Gasteiger partial charge in [0.15, 0.2) is 9.84 Å². The summed E-state index contributed by atoms with van der Waals surface area (Å²) in [4.78, 5) is 22.2. The highest BCUT2D eigenvalue weighted by molar-refractivity contribution is 7.94. The van der Waals surface area contributed by atoms with Crippen molar-refractivity contribution in [3.05, 3.63) is 47.3 Å². The number of halogens is 3. The van der Waals surface area contributed by atoms with Crippen LogP contribution in [0.5, 0.6) is 5.75 Å². The molecule has 0 bridgehead atoms. The molecule has 1 amide bonds. The van der Waals surface area contributed by atoms with E-state index in [0.29, 0.717) is 12.0 Å². The maximum atomic E-state index is 12.6. The van der Waals surface area contributed by atoms with Crippen LogP contribution in [0.1, 0.15) is 46.7 Å². The number of amides is 1. The van der Waals surface area contributed by atoms with Gasteiger partial charge in [0.05, 0.1) is 11.3 Å². The maximum Gasteiger partial charge on any atom is 0.573 e. The zero-order valence-electron chi connectivity index (χ0n) is 17.4. The van der Waals surface area contributed by atoms with Crippen molar-refractivity contribution >= 4 is 21.7 Å². The molecule has 3 aliphatic rings. The lowest BCUT2D eigenvalue weighted by Gasteiger charge is -2.54. The summed E-state index contributed by atoms with van der Waals surface area (Å²) >= 11 is 0. The molecule has 8 nitrogen and oxygen atoms in total. The lowest BCUT2D eigenvalue weighted by Crippen LogP contribution is -2.72. The second-order valence-corrected chi connectivity index (χ2v) is 11.3. The fraction of sp³-hybridized carbons (Fsp3) is 0.476. The largest absolute Gasteiger partial charge is 0.573 e. The number of sulfone groups is 1. The summed E-state index contributed by atoms with van der Waals surface area (Å²) in [6.45, 7) is 0.552. The van der Waals surface area contributed by atoms with Gasteiger partial charge in [0, 0.05) is 32.0 Å². The number of aromatic nitrogens is 2. The van der Waals surface area contributed by atoms with Crippen molar-refractivity contribution in [3.8, 4) is 5.75 Å². The molecule has 2 aromatic rings. The van der Waals surface area contributed by atoms with E-state index in [9.17, 15) is 26.4 Å². The number of carbonyl (C=O) groups is 1. The maximum absolute atomic E-state index is 12.6. The molecule has 0 atom stereocenters. The number of nitrogens with one attached hydrogen (secondary N) is 1. The van der Waals surface area contributed by atoms with Crippen LogP contribution in [0.3, 0.4) is 0 Å². The van der Waals surface area contributed by atoms with Crippen molar-refractivity contribution in [1.29, 1.82) is 0 Å². The summed E-state index contributed by atoms with van der Waals surface area (Å²) in [7, 11) is -3.10.